The molecule has 4 amide bonds. The highest BCUT2D eigenvalue weighted by molar-refractivity contribution is 8.18. The number of para-hydroxylation sites is 1. The molecule has 1 fully saturated rings. The van der Waals surface area contributed by atoms with Crippen LogP contribution in [0.4, 0.5) is 16.2 Å². The molecule has 0 bridgehead atoms. The summed E-state index contributed by atoms with van der Waals surface area (Å²) in [6, 6.07) is 21.6. The SMILES string of the molecule is CSc1cccc(NC(=O)CN2C(=O)S/C(=C\c3ccc(OCC(=O)Nc4ccccc4C)cc3)C2=O)c1. The highest BCUT2D eigenvalue weighted by Gasteiger charge is 2.36. The molecule has 1 saturated heterocycles. The van der Waals surface area contributed by atoms with Gasteiger partial charge in [-0.2, -0.15) is 0 Å². The van der Waals surface area contributed by atoms with Gasteiger partial charge in [0.25, 0.3) is 17.1 Å². The number of aryl methyl sites for hydroxylation is 1. The fraction of sp³-hybridized carbons (Fsp3) is 0.143. The summed E-state index contributed by atoms with van der Waals surface area (Å²) in [5.74, 6) is -0.781. The Balaban J connectivity index is 1.31. The van der Waals surface area contributed by atoms with Crippen molar-refractivity contribution in [2.45, 2.75) is 11.8 Å². The smallest absolute Gasteiger partial charge is 0.294 e. The Labute approximate surface area is 228 Å². The molecule has 3 aromatic carbocycles. The van der Waals surface area contributed by atoms with Crippen molar-refractivity contribution in [3.05, 3.63) is 88.8 Å². The minimum atomic E-state index is -0.527. The van der Waals surface area contributed by atoms with Crippen LogP contribution >= 0.6 is 23.5 Å². The molecule has 0 aromatic heterocycles. The van der Waals surface area contributed by atoms with Crippen LogP contribution in [0.5, 0.6) is 5.75 Å². The minimum absolute atomic E-state index is 0.157. The normalized spacial score (nSPS) is 14.1. The first-order valence-electron chi connectivity index (χ1n) is 11.6. The van der Waals surface area contributed by atoms with Crippen molar-refractivity contribution in [3.63, 3.8) is 0 Å². The van der Waals surface area contributed by atoms with Gasteiger partial charge in [0, 0.05) is 16.3 Å². The van der Waals surface area contributed by atoms with Gasteiger partial charge in [0.15, 0.2) is 6.61 Å². The molecule has 3 aromatic rings. The quantitative estimate of drug-likeness (QED) is 0.273. The Morgan fingerprint density at radius 1 is 0.974 bits per heavy atom. The number of anilines is 2. The van der Waals surface area contributed by atoms with Crippen LogP contribution in [0.1, 0.15) is 11.1 Å². The molecule has 0 saturated carbocycles. The predicted molar refractivity (Wildman–Crippen MR) is 151 cm³/mol. The van der Waals surface area contributed by atoms with Crippen molar-refractivity contribution >= 4 is 63.9 Å². The Morgan fingerprint density at radius 3 is 2.47 bits per heavy atom. The second kappa shape index (κ2) is 12.5. The van der Waals surface area contributed by atoms with Gasteiger partial charge in [0.05, 0.1) is 4.91 Å². The predicted octanol–water partition coefficient (Wildman–Crippen LogP) is 5.41. The van der Waals surface area contributed by atoms with Crippen molar-refractivity contribution in [3.8, 4) is 5.75 Å². The van der Waals surface area contributed by atoms with Crippen molar-refractivity contribution in [2.24, 2.45) is 0 Å². The third-order valence-corrected chi connectivity index (χ3v) is 7.13. The topological polar surface area (TPSA) is 105 Å². The van der Waals surface area contributed by atoms with E-state index in [2.05, 4.69) is 10.6 Å². The van der Waals surface area contributed by atoms with E-state index in [0.717, 1.165) is 32.8 Å². The molecule has 1 aliphatic rings. The molecule has 0 spiro atoms. The zero-order chi connectivity index (χ0) is 27.1. The molecule has 1 heterocycles. The molecule has 38 heavy (non-hydrogen) atoms. The maximum absolute atomic E-state index is 12.8. The zero-order valence-electron chi connectivity index (χ0n) is 20.7. The van der Waals surface area contributed by atoms with Gasteiger partial charge in [-0.3, -0.25) is 24.1 Å². The maximum Gasteiger partial charge on any atom is 0.294 e. The zero-order valence-corrected chi connectivity index (χ0v) is 22.4. The fourth-order valence-electron chi connectivity index (χ4n) is 3.54. The van der Waals surface area contributed by atoms with Gasteiger partial charge >= 0.3 is 0 Å². The summed E-state index contributed by atoms with van der Waals surface area (Å²) >= 11 is 2.33. The molecule has 0 atom stereocenters. The van der Waals surface area contributed by atoms with Crippen molar-refractivity contribution in [1.82, 2.24) is 4.90 Å². The third-order valence-electron chi connectivity index (χ3n) is 5.50. The molecule has 2 N–H and O–H groups in total. The molecule has 10 heteroatoms. The number of amides is 4. The summed E-state index contributed by atoms with van der Waals surface area (Å²) in [7, 11) is 0. The number of ether oxygens (including phenoxy) is 1. The molecule has 8 nitrogen and oxygen atoms in total. The highest BCUT2D eigenvalue weighted by atomic mass is 32.2. The van der Waals surface area contributed by atoms with Gasteiger partial charge in [-0.1, -0.05) is 36.4 Å². The number of carbonyl (C=O) groups excluding carboxylic acids is 4. The monoisotopic (exact) mass is 547 g/mol. The van der Waals surface area contributed by atoms with E-state index in [4.69, 9.17) is 4.74 Å². The van der Waals surface area contributed by atoms with E-state index in [1.54, 1.807) is 48.2 Å². The Hall–Kier alpha value is -4.02. The summed E-state index contributed by atoms with van der Waals surface area (Å²) in [6.07, 6.45) is 3.51. The van der Waals surface area contributed by atoms with Gasteiger partial charge in [-0.25, -0.2) is 0 Å². The number of benzene rings is 3. The van der Waals surface area contributed by atoms with Crippen LogP contribution in [0.25, 0.3) is 6.08 Å². The summed E-state index contributed by atoms with van der Waals surface area (Å²) in [5, 5.41) is 5.02. The first kappa shape index (κ1) is 27.0. The van der Waals surface area contributed by atoms with Gasteiger partial charge < -0.3 is 15.4 Å². The summed E-state index contributed by atoms with van der Waals surface area (Å²) < 4.78 is 5.55. The summed E-state index contributed by atoms with van der Waals surface area (Å²) in [6.45, 7) is 1.38. The first-order chi connectivity index (χ1) is 18.3. The number of hydrogen-bond acceptors (Lipinski definition) is 7. The molecular formula is C28H25N3O5S2. The Kier molecular flexibility index (Phi) is 8.88. The number of nitrogens with one attached hydrogen (secondary N) is 2. The van der Waals surface area contributed by atoms with Gasteiger partial charge in [0.2, 0.25) is 5.91 Å². The van der Waals surface area contributed by atoms with E-state index in [-0.39, 0.29) is 24.0 Å². The second-order valence-corrected chi connectivity index (χ2v) is 10.1. The maximum atomic E-state index is 12.8. The number of rotatable bonds is 9. The second-order valence-electron chi connectivity index (χ2n) is 8.27. The summed E-state index contributed by atoms with van der Waals surface area (Å²) in [5.41, 5.74) is 2.95. The van der Waals surface area contributed by atoms with E-state index in [1.807, 2.05) is 55.6 Å². The number of thioether (sulfide) groups is 2. The van der Waals surface area contributed by atoms with Crippen molar-refractivity contribution in [1.29, 1.82) is 0 Å². The fourth-order valence-corrected chi connectivity index (χ4v) is 4.84. The average molecular weight is 548 g/mol. The lowest BCUT2D eigenvalue weighted by Gasteiger charge is -2.12. The van der Waals surface area contributed by atoms with Crippen LogP contribution in [0.2, 0.25) is 0 Å². The van der Waals surface area contributed by atoms with E-state index in [9.17, 15) is 19.2 Å². The number of nitrogens with zero attached hydrogens (tertiary/aromatic N) is 1. The molecule has 0 radical (unpaired) electrons. The van der Waals surface area contributed by atoms with E-state index in [1.165, 1.54) is 0 Å². The van der Waals surface area contributed by atoms with Crippen molar-refractivity contribution in [2.75, 3.05) is 30.0 Å². The minimum Gasteiger partial charge on any atom is -0.484 e. The number of hydrogen-bond donors (Lipinski definition) is 2. The van der Waals surface area contributed by atoms with Crippen LogP contribution in [-0.2, 0) is 14.4 Å². The van der Waals surface area contributed by atoms with Crippen LogP contribution in [0.3, 0.4) is 0 Å². The van der Waals surface area contributed by atoms with Crippen LogP contribution in [0, 0.1) is 6.92 Å². The molecule has 0 unspecified atom stereocenters. The lowest BCUT2D eigenvalue weighted by atomic mass is 10.2. The Morgan fingerprint density at radius 2 is 1.74 bits per heavy atom. The van der Waals surface area contributed by atoms with Crippen LogP contribution in [0.15, 0.2) is 82.6 Å². The van der Waals surface area contributed by atoms with Gasteiger partial charge in [-0.15, -0.1) is 11.8 Å². The number of imide groups is 1. The molecule has 4 rings (SSSR count). The van der Waals surface area contributed by atoms with E-state index in [0.29, 0.717) is 17.0 Å². The standard InChI is InChI=1S/C28H25N3O5S2/c1-18-6-3-4-9-23(18)30-26(33)17-36-21-12-10-19(11-13-21)14-24-27(34)31(28(35)38-24)16-25(32)29-20-7-5-8-22(15-20)37-2/h3-15H,16-17H2,1-2H3,(H,29,32)(H,30,33)/b24-14-. The summed E-state index contributed by atoms with van der Waals surface area (Å²) in [4.78, 5) is 52.0. The van der Waals surface area contributed by atoms with E-state index >= 15 is 0 Å². The Bertz CT molecular complexity index is 1410. The lowest BCUT2D eigenvalue weighted by Crippen LogP contribution is -2.36. The number of carbonyl (C=O) groups is 4. The molecule has 0 aliphatic carbocycles. The van der Waals surface area contributed by atoms with Crippen LogP contribution in [-0.4, -0.2) is 47.3 Å². The van der Waals surface area contributed by atoms with E-state index < -0.39 is 17.1 Å². The molecule has 1 aliphatic heterocycles. The lowest BCUT2D eigenvalue weighted by molar-refractivity contribution is -0.127. The third kappa shape index (κ3) is 7.05. The van der Waals surface area contributed by atoms with Gasteiger partial charge in [0.1, 0.15) is 12.3 Å². The largest absolute Gasteiger partial charge is 0.484 e. The first-order valence-corrected chi connectivity index (χ1v) is 13.6. The molecule has 194 valence electrons. The van der Waals surface area contributed by atoms with Gasteiger partial charge in [-0.05, 0) is 78.5 Å². The highest BCUT2D eigenvalue weighted by Crippen LogP contribution is 2.32. The molecular weight excluding hydrogens is 522 g/mol. The average Bonchev–Trinajstić information content (AvgIpc) is 3.17. The van der Waals surface area contributed by atoms with Crippen molar-refractivity contribution < 1.29 is 23.9 Å². The van der Waals surface area contributed by atoms with Crippen LogP contribution < -0.4 is 15.4 Å².